The summed E-state index contributed by atoms with van der Waals surface area (Å²) in [5.74, 6) is -3.01. The van der Waals surface area contributed by atoms with Crippen LogP contribution in [-0.2, 0) is 23.9 Å². The Morgan fingerprint density at radius 1 is 1.00 bits per heavy atom. The smallest absolute Gasteiger partial charge is 0.336 e. The van der Waals surface area contributed by atoms with Crippen LogP contribution in [0.1, 0.15) is 50.2 Å². The molecule has 0 fully saturated rings. The van der Waals surface area contributed by atoms with Crippen LogP contribution in [0, 0.1) is 5.92 Å². The number of ketones is 1. The second-order valence-corrected chi connectivity index (χ2v) is 9.88. The first-order valence-corrected chi connectivity index (χ1v) is 13.2. The van der Waals surface area contributed by atoms with Gasteiger partial charge in [0.1, 0.15) is 11.7 Å². The molecule has 0 amide bonds. The van der Waals surface area contributed by atoms with Crippen molar-refractivity contribution in [3.8, 4) is 5.75 Å². The lowest BCUT2D eigenvalue weighted by atomic mass is 9.67. The predicted molar refractivity (Wildman–Crippen MR) is 148 cm³/mol. The van der Waals surface area contributed by atoms with Gasteiger partial charge in [0.2, 0.25) is 0 Å². The van der Waals surface area contributed by atoms with E-state index in [0.717, 1.165) is 16.8 Å². The standard InChI is InChI=1S/C31H36N2O6/c1-7-38-30(35)25-18(3)32-24-17-23(20-10-9-11-22(16-20)37-6)27(31(36)39-8-2)29(34)28(24)26(25)19-12-14-21(15-13-19)33(4)5/h9-16,23,26-27,32H,7-8,17H2,1-6H3. The van der Waals surface area contributed by atoms with Crippen molar-refractivity contribution in [2.45, 2.75) is 39.0 Å². The molecule has 3 atom stereocenters. The monoisotopic (exact) mass is 532 g/mol. The van der Waals surface area contributed by atoms with Crippen molar-refractivity contribution in [3.63, 3.8) is 0 Å². The van der Waals surface area contributed by atoms with Gasteiger partial charge in [0.25, 0.3) is 0 Å². The first kappa shape index (κ1) is 28.0. The molecular weight excluding hydrogens is 496 g/mol. The molecule has 2 aromatic carbocycles. The van der Waals surface area contributed by atoms with Gasteiger partial charge in [-0.05, 0) is 62.6 Å². The van der Waals surface area contributed by atoms with E-state index in [-0.39, 0.29) is 19.0 Å². The van der Waals surface area contributed by atoms with Crippen LogP contribution in [0.3, 0.4) is 0 Å². The number of rotatable bonds is 8. The molecule has 39 heavy (non-hydrogen) atoms. The summed E-state index contributed by atoms with van der Waals surface area (Å²) in [6.07, 6.45) is 0.386. The van der Waals surface area contributed by atoms with E-state index in [1.807, 2.05) is 74.4 Å². The number of benzene rings is 2. The fourth-order valence-electron chi connectivity index (χ4n) is 5.50. The normalized spacial score (nSPS) is 20.7. The summed E-state index contributed by atoms with van der Waals surface area (Å²) in [4.78, 5) is 43.0. The molecular formula is C31H36N2O6. The number of esters is 2. The highest BCUT2D eigenvalue weighted by molar-refractivity contribution is 6.13. The van der Waals surface area contributed by atoms with Crippen molar-refractivity contribution in [2.75, 3.05) is 39.3 Å². The first-order valence-electron chi connectivity index (χ1n) is 13.2. The molecule has 1 aliphatic carbocycles. The second kappa shape index (κ2) is 11.8. The summed E-state index contributed by atoms with van der Waals surface area (Å²) in [6.45, 7) is 5.64. The number of nitrogens with one attached hydrogen (secondary N) is 1. The maximum Gasteiger partial charge on any atom is 0.336 e. The molecule has 0 bridgehead atoms. The van der Waals surface area contributed by atoms with Crippen LogP contribution >= 0.6 is 0 Å². The molecule has 8 nitrogen and oxygen atoms in total. The fraction of sp³-hybridized carbons (Fsp3) is 0.387. The summed E-state index contributed by atoms with van der Waals surface area (Å²) < 4.78 is 16.3. The van der Waals surface area contributed by atoms with Crippen LogP contribution in [0.2, 0.25) is 0 Å². The Hall–Kier alpha value is -4.07. The number of Topliss-reactive ketones (excluding diaryl/α,β-unsaturated/α-hetero) is 1. The van der Waals surface area contributed by atoms with Crippen LogP contribution in [0.25, 0.3) is 0 Å². The molecule has 1 N–H and O–H groups in total. The van der Waals surface area contributed by atoms with Crippen molar-refractivity contribution in [1.82, 2.24) is 5.32 Å². The third-order valence-electron chi connectivity index (χ3n) is 7.32. The number of anilines is 1. The van der Waals surface area contributed by atoms with Crippen LogP contribution in [-0.4, -0.2) is 52.1 Å². The van der Waals surface area contributed by atoms with Gasteiger partial charge in [-0.2, -0.15) is 0 Å². The first-order chi connectivity index (χ1) is 18.7. The number of ether oxygens (including phenoxy) is 3. The van der Waals surface area contributed by atoms with E-state index in [1.54, 1.807) is 21.0 Å². The van der Waals surface area contributed by atoms with Crippen LogP contribution in [0.4, 0.5) is 5.69 Å². The van der Waals surface area contributed by atoms with E-state index >= 15 is 0 Å². The molecule has 2 aliphatic rings. The number of methoxy groups -OCH3 is 1. The summed E-state index contributed by atoms with van der Waals surface area (Å²) in [5, 5.41) is 3.33. The number of carbonyl (C=O) groups is 3. The molecule has 0 saturated carbocycles. The van der Waals surface area contributed by atoms with Crippen molar-refractivity contribution in [3.05, 3.63) is 82.2 Å². The number of dihydropyridines is 1. The summed E-state index contributed by atoms with van der Waals surface area (Å²) in [7, 11) is 5.47. The predicted octanol–water partition coefficient (Wildman–Crippen LogP) is 4.48. The highest BCUT2D eigenvalue weighted by Crippen LogP contribution is 2.48. The van der Waals surface area contributed by atoms with Crippen molar-refractivity contribution in [1.29, 1.82) is 0 Å². The zero-order valence-electron chi connectivity index (χ0n) is 23.4. The van der Waals surface area contributed by atoms with Crippen molar-refractivity contribution in [2.24, 2.45) is 5.92 Å². The number of nitrogens with zero attached hydrogens (tertiary/aromatic N) is 1. The minimum atomic E-state index is -1.07. The number of carbonyl (C=O) groups excluding carboxylic acids is 3. The lowest BCUT2D eigenvalue weighted by Gasteiger charge is -2.39. The summed E-state index contributed by atoms with van der Waals surface area (Å²) in [6, 6.07) is 15.2. The lowest BCUT2D eigenvalue weighted by Crippen LogP contribution is -2.43. The largest absolute Gasteiger partial charge is 0.497 e. The van der Waals surface area contributed by atoms with Gasteiger partial charge in [-0.25, -0.2) is 4.79 Å². The average molecular weight is 533 g/mol. The highest BCUT2D eigenvalue weighted by atomic mass is 16.5. The van der Waals surface area contributed by atoms with E-state index in [9.17, 15) is 14.4 Å². The number of hydrogen-bond donors (Lipinski definition) is 1. The molecule has 8 heteroatoms. The van der Waals surface area contributed by atoms with Gasteiger partial charge in [-0.3, -0.25) is 9.59 Å². The SMILES string of the molecule is CCOC(=O)C1=C(C)NC2=C(C(=O)C(C(=O)OCC)C(c3cccc(OC)c3)C2)C1c1ccc(N(C)C)cc1. The molecule has 0 spiro atoms. The van der Waals surface area contributed by atoms with Crippen LogP contribution < -0.4 is 15.0 Å². The Balaban J connectivity index is 1.89. The second-order valence-electron chi connectivity index (χ2n) is 9.88. The van der Waals surface area contributed by atoms with Gasteiger partial charge in [-0.15, -0.1) is 0 Å². The van der Waals surface area contributed by atoms with Crippen molar-refractivity contribution >= 4 is 23.4 Å². The number of hydrogen-bond acceptors (Lipinski definition) is 8. The van der Waals surface area contributed by atoms with E-state index in [1.165, 1.54) is 0 Å². The van der Waals surface area contributed by atoms with Crippen LogP contribution in [0.15, 0.2) is 71.1 Å². The molecule has 1 heterocycles. The number of allylic oxidation sites excluding steroid dienone is 3. The van der Waals surface area contributed by atoms with Gasteiger partial charge in [0.05, 0.1) is 25.9 Å². The van der Waals surface area contributed by atoms with Gasteiger partial charge >= 0.3 is 11.9 Å². The average Bonchev–Trinajstić information content (AvgIpc) is 2.92. The van der Waals surface area contributed by atoms with Gasteiger partial charge in [0.15, 0.2) is 5.78 Å². The Bertz CT molecular complexity index is 1320. The van der Waals surface area contributed by atoms with Crippen molar-refractivity contribution < 1.29 is 28.6 Å². The summed E-state index contributed by atoms with van der Waals surface area (Å²) in [5.41, 5.74) is 4.65. The lowest BCUT2D eigenvalue weighted by molar-refractivity contribution is -0.152. The van der Waals surface area contributed by atoms with E-state index in [2.05, 4.69) is 5.32 Å². The minimum Gasteiger partial charge on any atom is -0.497 e. The van der Waals surface area contributed by atoms with E-state index in [0.29, 0.717) is 34.7 Å². The molecule has 0 saturated heterocycles. The maximum atomic E-state index is 14.4. The Morgan fingerprint density at radius 2 is 1.69 bits per heavy atom. The molecule has 4 rings (SSSR count). The topological polar surface area (TPSA) is 94.2 Å². The quantitative estimate of drug-likeness (QED) is 0.393. The Morgan fingerprint density at radius 3 is 2.31 bits per heavy atom. The zero-order chi connectivity index (χ0) is 28.3. The molecule has 2 aromatic rings. The zero-order valence-corrected chi connectivity index (χ0v) is 23.4. The van der Waals surface area contributed by atoms with Gasteiger partial charge in [0, 0.05) is 48.6 Å². The maximum absolute atomic E-state index is 14.4. The molecule has 206 valence electrons. The molecule has 1 aliphatic heterocycles. The van der Waals surface area contributed by atoms with E-state index < -0.39 is 29.7 Å². The fourth-order valence-corrected chi connectivity index (χ4v) is 5.50. The molecule has 0 aromatic heterocycles. The van der Waals surface area contributed by atoms with Gasteiger partial charge in [-0.1, -0.05) is 24.3 Å². The van der Waals surface area contributed by atoms with Gasteiger partial charge < -0.3 is 24.4 Å². The highest BCUT2D eigenvalue weighted by Gasteiger charge is 2.49. The third-order valence-corrected chi connectivity index (χ3v) is 7.32. The third kappa shape index (κ3) is 5.41. The minimum absolute atomic E-state index is 0.153. The summed E-state index contributed by atoms with van der Waals surface area (Å²) >= 11 is 0. The van der Waals surface area contributed by atoms with E-state index in [4.69, 9.17) is 14.2 Å². The Labute approximate surface area is 229 Å². The van der Waals surface area contributed by atoms with Crippen LogP contribution in [0.5, 0.6) is 5.75 Å². The Kier molecular flexibility index (Phi) is 8.43. The molecule has 0 radical (unpaired) electrons. The molecule has 3 unspecified atom stereocenters.